The number of nitrogens with zero attached hydrogens (tertiary/aromatic N) is 2. The number of oxazole rings is 1. The van der Waals surface area contributed by atoms with Crippen molar-refractivity contribution in [3.8, 4) is 5.75 Å². The maximum absolute atomic E-state index is 5.81. The molecule has 3 rings (SSSR count). The number of ether oxygens (including phenoxy) is 1. The van der Waals surface area contributed by atoms with Crippen LogP contribution in [0.3, 0.4) is 0 Å². The van der Waals surface area contributed by atoms with E-state index in [0.29, 0.717) is 27.9 Å². The molecule has 3 aromatic rings. The van der Waals surface area contributed by atoms with Gasteiger partial charge in [0.05, 0.1) is 11.2 Å². The normalized spacial score (nSPS) is 10.8. The van der Waals surface area contributed by atoms with Crippen LogP contribution in [0.2, 0.25) is 5.02 Å². The van der Waals surface area contributed by atoms with Crippen LogP contribution in [0.4, 0.5) is 5.69 Å². The van der Waals surface area contributed by atoms with Gasteiger partial charge in [0.25, 0.3) is 0 Å². The van der Waals surface area contributed by atoms with E-state index in [1.54, 1.807) is 30.5 Å². The molecule has 0 unspecified atom stereocenters. The largest absolute Gasteiger partial charge is 0.482 e. The molecule has 5 nitrogen and oxygen atoms in total. The molecule has 0 saturated heterocycles. The minimum atomic E-state index is 0.205. The van der Waals surface area contributed by atoms with Crippen molar-refractivity contribution >= 4 is 28.4 Å². The second kappa shape index (κ2) is 4.78. The van der Waals surface area contributed by atoms with Gasteiger partial charge < -0.3 is 14.9 Å². The maximum Gasteiger partial charge on any atom is 0.233 e. The van der Waals surface area contributed by atoms with Crippen LogP contribution >= 0.6 is 11.6 Å². The minimum Gasteiger partial charge on any atom is -0.482 e. The van der Waals surface area contributed by atoms with Gasteiger partial charge in [-0.05, 0) is 12.1 Å². The number of hydrogen-bond donors (Lipinski definition) is 1. The van der Waals surface area contributed by atoms with Gasteiger partial charge in [-0.25, -0.2) is 4.98 Å². The summed E-state index contributed by atoms with van der Waals surface area (Å²) >= 11 is 5.81. The Hall–Kier alpha value is -2.27. The van der Waals surface area contributed by atoms with Crippen molar-refractivity contribution in [1.82, 2.24) is 9.97 Å². The smallest absolute Gasteiger partial charge is 0.233 e. The first-order valence-electron chi connectivity index (χ1n) is 5.59. The lowest BCUT2D eigenvalue weighted by Crippen LogP contribution is -1.95. The average Bonchev–Trinajstić information content (AvgIpc) is 2.78. The molecule has 0 radical (unpaired) electrons. The molecule has 0 saturated carbocycles. The molecule has 0 aliphatic heterocycles. The molecule has 2 N–H and O–H groups in total. The number of fused-ring (bicyclic) bond motifs is 1. The number of aromatic nitrogens is 2. The second-order valence-corrected chi connectivity index (χ2v) is 4.40. The summed E-state index contributed by atoms with van der Waals surface area (Å²) in [6.07, 6.45) is 3.11. The summed E-state index contributed by atoms with van der Waals surface area (Å²) < 4.78 is 11.0. The molecule has 2 heterocycles. The van der Waals surface area contributed by atoms with Crippen molar-refractivity contribution in [3.05, 3.63) is 47.6 Å². The third-order valence-corrected chi connectivity index (χ3v) is 2.71. The van der Waals surface area contributed by atoms with Gasteiger partial charge in [-0.15, -0.1) is 0 Å². The first kappa shape index (κ1) is 11.8. The van der Waals surface area contributed by atoms with Crippen LogP contribution < -0.4 is 10.5 Å². The lowest BCUT2D eigenvalue weighted by molar-refractivity contribution is 0.266. The lowest BCUT2D eigenvalue weighted by atomic mass is 10.3. The molecule has 0 amide bonds. The molecule has 0 aliphatic carbocycles. The first-order valence-corrected chi connectivity index (χ1v) is 5.97. The van der Waals surface area contributed by atoms with Crippen molar-refractivity contribution in [1.29, 1.82) is 0 Å². The summed E-state index contributed by atoms with van der Waals surface area (Å²) in [4.78, 5) is 8.22. The van der Waals surface area contributed by atoms with Gasteiger partial charge in [0.2, 0.25) is 5.89 Å². The summed E-state index contributed by atoms with van der Waals surface area (Å²) in [7, 11) is 0. The van der Waals surface area contributed by atoms with Crippen LogP contribution in [0.5, 0.6) is 5.75 Å². The number of rotatable bonds is 3. The fraction of sp³-hybridized carbons (Fsp3) is 0.0769. The number of benzene rings is 1. The molecule has 0 bridgehead atoms. The summed E-state index contributed by atoms with van der Waals surface area (Å²) in [6, 6.07) is 6.98. The quantitative estimate of drug-likeness (QED) is 0.744. The summed E-state index contributed by atoms with van der Waals surface area (Å²) in [5.74, 6) is 1.04. The highest BCUT2D eigenvalue weighted by molar-refractivity contribution is 6.30. The van der Waals surface area contributed by atoms with E-state index in [-0.39, 0.29) is 6.61 Å². The average molecular weight is 276 g/mol. The van der Waals surface area contributed by atoms with Crippen molar-refractivity contribution < 1.29 is 9.15 Å². The van der Waals surface area contributed by atoms with Crippen LogP contribution in [-0.4, -0.2) is 9.97 Å². The van der Waals surface area contributed by atoms with Crippen LogP contribution in [-0.2, 0) is 6.61 Å². The molecule has 19 heavy (non-hydrogen) atoms. The Morgan fingerprint density at radius 2 is 2.16 bits per heavy atom. The molecule has 96 valence electrons. The lowest BCUT2D eigenvalue weighted by Gasteiger charge is -2.02. The van der Waals surface area contributed by atoms with Gasteiger partial charge >= 0.3 is 0 Å². The second-order valence-electron chi connectivity index (χ2n) is 3.96. The Bertz CT molecular complexity index is 727. The van der Waals surface area contributed by atoms with Gasteiger partial charge in [-0.2, -0.15) is 0 Å². The van der Waals surface area contributed by atoms with Gasteiger partial charge in [0, 0.05) is 24.0 Å². The summed E-state index contributed by atoms with van der Waals surface area (Å²) in [6.45, 7) is 0.205. The Morgan fingerprint density at radius 3 is 3.00 bits per heavy atom. The standard InChI is InChI=1S/C13H10ClN3O2/c14-8-3-10(6-16-5-8)18-7-13-17-11-2-1-9(15)4-12(11)19-13/h1-6H,7,15H2. The van der Waals surface area contributed by atoms with Crippen molar-refractivity contribution in [2.75, 3.05) is 5.73 Å². The van der Waals surface area contributed by atoms with Crippen LogP contribution in [0.25, 0.3) is 11.1 Å². The fourth-order valence-corrected chi connectivity index (χ4v) is 1.83. The zero-order valence-corrected chi connectivity index (χ0v) is 10.6. The Kier molecular flexibility index (Phi) is 2.97. The van der Waals surface area contributed by atoms with Crippen molar-refractivity contribution in [3.63, 3.8) is 0 Å². The Labute approximate surface area is 114 Å². The number of pyridine rings is 1. The molecule has 0 fully saturated rings. The Balaban J connectivity index is 1.78. The van der Waals surface area contributed by atoms with Gasteiger partial charge in [0.1, 0.15) is 11.3 Å². The number of halogens is 1. The third kappa shape index (κ3) is 2.61. The van der Waals surface area contributed by atoms with Crippen LogP contribution in [0.15, 0.2) is 41.1 Å². The minimum absolute atomic E-state index is 0.205. The highest BCUT2D eigenvalue weighted by Crippen LogP contribution is 2.20. The Morgan fingerprint density at radius 1 is 1.26 bits per heavy atom. The molecular weight excluding hydrogens is 266 g/mol. The zero-order chi connectivity index (χ0) is 13.2. The van der Waals surface area contributed by atoms with E-state index in [9.17, 15) is 0 Å². The van der Waals surface area contributed by atoms with Crippen LogP contribution in [0.1, 0.15) is 5.89 Å². The summed E-state index contributed by atoms with van der Waals surface area (Å²) in [5, 5.41) is 0.517. The van der Waals surface area contributed by atoms with Gasteiger partial charge in [-0.3, -0.25) is 4.98 Å². The summed E-state index contributed by atoms with van der Waals surface area (Å²) in [5.41, 5.74) is 7.70. The van der Waals surface area contributed by atoms with E-state index >= 15 is 0 Å². The van der Waals surface area contributed by atoms with Gasteiger partial charge in [0.15, 0.2) is 12.2 Å². The molecular formula is C13H10ClN3O2. The zero-order valence-electron chi connectivity index (χ0n) is 9.84. The molecule has 0 aliphatic rings. The predicted octanol–water partition coefficient (Wildman–Crippen LogP) is 3.04. The SMILES string of the molecule is Nc1ccc2nc(COc3cncc(Cl)c3)oc2c1. The van der Waals surface area contributed by atoms with Crippen molar-refractivity contribution in [2.45, 2.75) is 6.61 Å². The van der Waals surface area contributed by atoms with E-state index in [1.807, 2.05) is 0 Å². The molecule has 0 atom stereocenters. The third-order valence-electron chi connectivity index (χ3n) is 2.50. The van der Waals surface area contributed by atoms with E-state index in [0.717, 1.165) is 5.52 Å². The first-order chi connectivity index (χ1) is 9.20. The molecule has 2 aromatic heterocycles. The van der Waals surface area contributed by atoms with Gasteiger partial charge in [-0.1, -0.05) is 11.6 Å². The molecule has 1 aromatic carbocycles. The highest BCUT2D eigenvalue weighted by atomic mass is 35.5. The molecule has 0 spiro atoms. The number of nitrogens with two attached hydrogens (primary N) is 1. The monoisotopic (exact) mass is 275 g/mol. The predicted molar refractivity (Wildman–Crippen MR) is 72.0 cm³/mol. The fourth-order valence-electron chi connectivity index (χ4n) is 1.67. The maximum atomic E-state index is 5.81. The number of anilines is 1. The number of nitrogen functional groups attached to an aromatic ring is 1. The molecule has 6 heteroatoms. The van der Waals surface area contributed by atoms with E-state index in [2.05, 4.69) is 9.97 Å². The van der Waals surface area contributed by atoms with E-state index < -0.39 is 0 Å². The van der Waals surface area contributed by atoms with E-state index in [4.69, 9.17) is 26.5 Å². The topological polar surface area (TPSA) is 74.2 Å². The van der Waals surface area contributed by atoms with Crippen LogP contribution in [0, 0.1) is 0 Å². The highest BCUT2D eigenvalue weighted by Gasteiger charge is 2.07. The van der Waals surface area contributed by atoms with Crippen molar-refractivity contribution in [2.24, 2.45) is 0 Å². The van der Waals surface area contributed by atoms with E-state index in [1.165, 1.54) is 6.20 Å². The number of hydrogen-bond acceptors (Lipinski definition) is 5.